The van der Waals surface area contributed by atoms with E-state index in [1.54, 1.807) is 43.5 Å². The molecule has 3 rings (SSSR count). The smallest absolute Gasteiger partial charge is 0.262 e. The van der Waals surface area contributed by atoms with Crippen molar-refractivity contribution in [2.75, 3.05) is 40.0 Å². The molecular weight excluding hydrogens is 385 g/mol. The molecule has 1 fully saturated rings. The highest BCUT2D eigenvalue weighted by molar-refractivity contribution is 6.01. The Morgan fingerprint density at radius 3 is 2.50 bits per heavy atom. The molecule has 0 radical (unpaired) electrons. The summed E-state index contributed by atoms with van der Waals surface area (Å²) in [6, 6.07) is 15.2. The van der Waals surface area contributed by atoms with Crippen molar-refractivity contribution in [2.45, 2.75) is 6.04 Å². The lowest BCUT2D eigenvalue weighted by molar-refractivity contribution is -0.117. The highest BCUT2D eigenvalue weighted by Gasteiger charge is 2.24. The monoisotopic (exact) mass is 409 g/mol. The van der Waals surface area contributed by atoms with Crippen molar-refractivity contribution >= 4 is 12.0 Å². The highest BCUT2D eigenvalue weighted by atomic mass is 19.1. The number of nitrogens with one attached hydrogen (secondary N) is 1. The Hall–Kier alpha value is -3.21. The van der Waals surface area contributed by atoms with E-state index in [4.69, 9.17) is 9.47 Å². The molecule has 1 amide bonds. The first-order valence-electron chi connectivity index (χ1n) is 9.72. The van der Waals surface area contributed by atoms with Crippen molar-refractivity contribution in [2.24, 2.45) is 0 Å². The summed E-state index contributed by atoms with van der Waals surface area (Å²) in [6.45, 7) is 2.93. The van der Waals surface area contributed by atoms with Gasteiger partial charge in [-0.15, -0.1) is 0 Å². The van der Waals surface area contributed by atoms with Crippen LogP contribution in [0.4, 0.5) is 4.39 Å². The Labute approximate surface area is 175 Å². The number of halogens is 1. The quantitative estimate of drug-likeness (QED) is 0.562. The molecule has 1 N–H and O–H groups in total. The van der Waals surface area contributed by atoms with Crippen molar-refractivity contribution < 1.29 is 18.7 Å². The molecule has 1 unspecified atom stereocenters. The number of amides is 1. The molecule has 1 aliphatic heterocycles. The normalized spacial score (nSPS) is 15.8. The van der Waals surface area contributed by atoms with Crippen LogP contribution in [-0.4, -0.2) is 50.8 Å². The van der Waals surface area contributed by atoms with Crippen LogP contribution in [0.15, 0.2) is 54.1 Å². The van der Waals surface area contributed by atoms with Crippen LogP contribution in [0.2, 0.25) is 0 Å². The average Bonchev–Trinajstić information content (AvgIpc) is 2.79. The Morgan fingerprint density at radius 1 is 1.23 bits per heavy atom. The minimum absolute atomic E-state index is 0.0139. The molecule has 2 aromatic carbocycles. The van der Waals surface area contributed by atoms with Gasteiger partial charge in [-0.3, -0.25) is 9.69 Å². The number of hydrogen-bond acceptors (Lipinski definition) is 5. The van der Waals surface area contributed by atoms with Gasteiger partial charge in [-0.05, 0) is 41.5 Å². The number of benzene rings is 2. The van der Waals surface area contributed by atoms with Gasteiger partial charge in [-0.2, -0.15) is 5.26 Å². The van der Waals surface area contributed by atoms with E-state index >= 15 is 0 Å². The third-order valence-corrected chi connectivity index (χ3v) is 4.99. The number of nitrogens with zero attached hydrogens (tertiary/aromatic N) is 2. The van der Waals surface area contributed by atoms with Crippen LogP contribution in [0.5, 0.6) is 5.75 Å². The Balaban J connectivity index is 1.72. The van der Waals surface area contributed by atoms with E-state index in [1.807, 2.05) is 6.07 Å². The van der Waals surface area contributed by atoms with Crippen LogP contribution in [0.3, 0.4) is 0 Å². The second kappa shape index (κ2) is 10.5. The summed E-state index contributed by atoms with van der Waals surface area (Å²) in [6.07, 6.45) is 1.54. The fraction of sp³-hybridized carbons (Fsp3) is 0.304. The van der Waals surface area contributed by atoms with E-state index in [0.717, 1.165) is 11.1 Å². The van der Waals surface area contributed by atoms with Crippen molar-refractivity contribution in [3.8, 4) is 11.8 Å². The summed E-state index contributed by atoms with van der Waals surface area (Å²) >= 11 is 0. The molecule has 1 heterocycles. The molecule has 1 atom stereocenters. The first kappa shape index (κ1) is 21.5. The number of nitriles is 1. The van der Waals surface area contributed by atoms with Crippen LogP contribution in [0.25, 0.3) is 6.08 Å². The molecule has 2 aromatic rings. The van der Waals surface area contributed by atoms with Crippen LogP contribution in [0, 0.1) is 17.1 Å². The summed E-state index contributed by atoms with van der Waals surface area (Å²) in [5.74, 6) is -0.0610. The number of methoxy groups -OCH3 is 1. The fourth-order valence-corrected chi connectivity index (χ4v) is 3.33. The molecule has 1 saturated heterocycles. The number of carbonyl (C=O) groups is 1. The zero-order valence-corrected chi connectivity index (χ0v) is 16.8. The minimum atomic E-state index is -0.450. The number of rotatable bonds is 7. The zero-order valence-electron chi connectivity index (χ0n) is 16.8. The molecule has 30 heavy (non-hydrogen) atoms. The van der Waals surface area contributed by atoms with Gasteiger partial charge < -0.3 is 14.8 Å². The number of morpholine rings is 1. The van der Waals surface area contributed by atoms with Crippen LogP contribution in [0.1, 0.15) is 17.2 Å². The average molecular weight is 409 g/mol. The number of carbonyl (C=O) groups excluding carboxylic acids is 1. The fourth-order valence-electron chi connectivity index (χ4n) is 3.33. The molecule has 0 aliphatic carbocycles. The predicted octanol–water partition coefficient (Wildman–Crippen LogP) is 2.93. The van der Waals surface area contributed by atoms with Crippen LogP contribution in [-0.2, 0) is 9.53 Å². The first-order chi connectivity index (χ1) is 14.6. The molecule has 0 aromatic heterocycles. The molecule has 1 aliphatic rings. The van der Waals surface area contributed by atoms with E-state index in [-0.39, 0.29) is 17.4 Å². The maximum atomic E-state index is 13.4. The van der Waals surface area contributed by atoms with Crippen molar-refractivity contribution in [1.82, 2.24) is 10.2 Å². The molecular formula is C23H24FN3O3. The van der Waals surface area contributed by atoms with Gasteiger partial charge in [0.15, 0.2) is 0 Å². The van der Waals surface area contributed by atoms with Gasteiger partial charge in [0.05, 0.1) is 26.4 Å². The van der Waals surface area contributed by atoms with E-state index in [0.29, 0.717) is 38.6 Å². The van der Waals surface area contributed by atoms with Gasteiger partial charge in [0.25, 0.3) is 5.91 Å². The summed E-state index contributed by atoms with van der Waals surface area (Å²) < 4.78 is 23.9. The topological polar surface area (TPSA) is 74.6 Å². The molecule has 0 saturated carbocycles. The SMILES string of the molecule is COc1ccc(C=C(C#N)C(=O)NCC(c2ccc(F)cc2)N2CCOCC2)cc1. The van der Waals surface area contributed by atoms with Gasteiger partial charge in [-0.1, -0.05) is 24.3 Å². The lowest BCUT2D eigenvalue weighted by atomic mass is 10.0. The predicted molar refractivity (Wildman–Crippen MR) is 111 cm³/mol. The number of hydrogen-bond donors (Lipinski definition) is 1. The summed E-state index contributed by atoms with van der Waals surface area (Å²) in [5, 5.41) is 12.3. The molecule has 156 valence electrons. The van der Waals surface area contributed by atoms with E-state index < -0.39 is 5.91 Å². The molecule has 7 heteroatoms. The zero-order chi connectivity index (χ0) is 21.3. The Bertz CT molecular complexity index is 914. The maximum Gasteiger partial charge on any atom is 0.262 e. The molecule has 6 nitrogen and oxygen atoms in total. The summed E-state index contributed by atoms with van der Waals surface area (Å²) in [7, 11) is 1.57. The van der Waals surface area contributed by atoms with Crippen molar-refractivity contribution in [3.63, 3.8) is 0 Å². The summed E-state index contributed by atoms with van der Waals surface area (Å²) in [5.41, 5.74) is 1.64. The lowest BCUT2D eigenvalue weighted by Crippen LogP contribution is -2.44. The van der Waals surface area contributed by atoms with E-state index in [9.17, 15) is 14.4 Å². The maximum absolute atomic E-state index is 13.4. The first-order valence-corrected chi connectivity index (χ1v) is 9.72. The van der Waals surface area contributed by atoms with Crippen LogP contribution >= 0.6 is 0 Å². The summed E-state index contributed by atoms with van der Waals surface area (Å²) in [4.78, 5) is 14.8. The van der Waals surface area contributed by atoms with Crippen LogP contribution < -0.4 is 10.1 Å². The van der Waals surface area contributed by atoms with Gasteiger partial charge in [0, 0.05) is 19.6 Å². The molecule has 0 spiro atoms. The number of ether oxygens (including phenoxy) is 2. The van der Waals surface area contributed by atoms with Gasteiger partial charge in [0.1, 0.15) is 23.2 Å². The largest absolute Gasteiger partial charge is 0.497 e. The molecule has 0 bridgehead atoms. The minimum Gasteiger partial charge on any atom is -0.497 e. The highest BCUT2D eigenvalue weighted by Crippen LogP contribution is 2.22. The third kappa shape index (κ3) is 5.66. The van der Waals surface area contributed by atoms with E-state index in [1.165, 1.54) is 18.2 Å². The Morgan fingerprint density at radius 2 is 1.90 bits per heavy atom. The third-order valence-electron chi connectivity index (χ3n) is 4.99. The lowest BCUT2D eigenvalue weighted by Gasteiger charge is -2.34. The standard InChI is InChI=1S/C23H24FN3O3/c1-29-21-8-2-17(3-9-21)14-19(15-25)23(28)26-16-22(27-10-12-30-13-11-27)18-4-6-20(24)7-5-18/h2-9,14,22H,10-13,16H2,1H3,(H,26,28). The second-order valence-corrected chi connectivity index (χ2v) is 6.87. The van der Waals surface area contributed by atoms with Crippen molar-refractivity contribution in [1.29, 1.82) is 5.26 Å². The van der Waals surface area contributed by atoms with Crippen molar-refractivity contribution in [3.05, 3.63) is 71.0 Å². The van der Waals surface area contributed by atoms with Gasteiger partial charge in [-0.25, -0.2) is 4.39 Å². The Kier molecular flexibility index (Phi) is 7.55. The van der Waals surface area contributed by atoms with Gasteiger partial charge in [0.2, 0.25) is 0 Å². The second-order valence-electron chi connectivity index (χ2n) is 6.87. The van der Waals surface area contributed by atoms with Gasteiger partial charge >= 0.3 is 0 Å². The van der Waals surface area contributed by atoms with E-state index in [2.05, 4.69) is 10.2 Å².